The number of rotatable bonds is 5. The average Bonchev–Trinajstić information content (AvgIpc) is 2.14. The van der Waals surface area contributed by atoms with E-state index in [2.05, 4.69) is 15.3 Å². The van der Waals surface area contributed by atoms with E-state index in [1.165, 1.54) is 0 Å². The fourth-order valence-corrected chi connectivity index (χ4v) is 1.74. The molecule has 3 N–H and O–H groups in total. The van der Waals surface area contributed by atoms with Crippen molar-refractivity contribution in [2.24, 2.45) is 5.14 Å². The van der Waals surface area contributed by atoms with Gasteiger partial charge in [0.1, 0.15) is 16.8 Å². The number of carbonyl (C=O) groups is 1. The van der Waals surface area contributed by atoms with Crippen molar-refractivity contribution >= 4 is 33.7 Å². The number of hydrogen-bond donors (Lipinski definition) is 2. The minimum absolute atomic E-state index is 0.0191. The zero-order chi connectivity index (χ0) is 13.1. The molecule has 0 unspecified atom stereocenters. The van der Waals surface area contributed by atoms with Crippen molar-refractivity contribution in [3.63, 3.8) is 0 Å². The van der Waals surface area contributed by atoms with E-state index < -0.39 is 10.0 Å². The molecule has 9 heteroatoms. The number of aryl methyl sites for hydroxylation is 1. The maximum atomic E-state index is 10.8. The first-order chi connectivity index (χ1) is 7.83. The van der Waals surface area contributed by atoms with Crippen LogP contribution in [-0.2, 0) is 10.0 Å². The Morgan fingerprint density at radius 2 is 2.12 bits per heavy atom. The Labute approximate surface area is 103 Å². The lowest BCUT2D eigenvalue weighted by Crippen LogP contribution is -2.23. The molecule has 0 radical (unpaired) electrons. The summed E-state index contributed by atoms with van der Waals surface area (Å²) in [4.78, 5) is 18.5. The molecule has 1 aromatic heterocycles. The van der Waals surface area contributed by atoms with Crippen LogP contribution in [0.2, 0.25) is 5.15 Å². The Hall–Kier alpha value is -1.25. The van der Waals surface area contributed by atoms with Crippen LogP contribution in [0, 0.1) is 6.92 Å². The van der Waals surface area contributed by atoms with E-state index in [1.54, 1.807) is 6.92 Å². The lowest BCUT2D eigenvalue weighted by Gasteiger charge is -2.08. The van der Waals surface area contributed by atoms with Crippen molar-refractivity contribution in [3.8, 4) is 0 Å². The van der Waals surface area contributed by atoms with Gasteiger partial charge in [-0.05, 0) is 6.92 Å². The first-order valence-corrected chi connectivity index (χ1v) is 6.66. The van der Waals surface area contributed by atoms with E-state index in [9.17, 15) is 13.2 Å². The maximum Gasteiger partial charge on any atom is 0.210 e. The van der Waals surface area contributed by atoms with Gasteiger partial charge < -0.3 is 5.32 Å². The van der Waals surface area contributed by atoms with Gasteiger partial charge in [-0.15, -0.1) is 0 Å². The van der Waals surface area contributed by atoms with Crippen molar-refractivity contribution in [2.45, 2.75) is 6.92 Å². The number of carbonyl (C=O) groups excluding carboxylic acids is 1. The number of hydrogen-bond acceptors (Lipinski definition) is 6. The molecule has 1 aromatic rings. The van der Waals surface area contributed by atoms with Gasteiger partial charge in [0.25, 0.3) is 0 Å². The molecule has 17 heavy (non-hydrogen) atoms. The molecular weight excluding hydrogens is 268 g/mol. The molecule has 1 heterocycles. The predicted octanol–water partition coefficient (Wildman–Crippen LogP) is -0.0487. The largest absolute Gasteiger partial charge is 0.368 e. The van der Waals surface area contributed by atoms with Crippen LogP contribution in [0.3, 0.4) is 0 Å². The van der Waals surface area contributed by atoms with Gasteiger partial charge in [0, 0.05) is 6.54 Å². The van der Waals surface area contributed by atoms with Crippen LogP contribution in [0.25, 0.3) is 0 Å². The maximum absolute atomic E-state index is 10.8. The number of nitrogens with one attached hydrogen (secondary N) is 1. The van der Waals surface area contributed by atoms with Gasteiger partial charge >= 0.3 is 0 Å². The second kappa shape index (κ2) is 5.39. The second-order valence-electron chi connectivity index (χ2n) is 3.24. The normalized spacial score (nSPS) is 11.2. The highest BCUT2D eigenvalue weighted by molar-refractivity contribution is 7.89. The van der Waals surface area contributed by atoms with Crippen molar-refractivity contribution in [1.82, 2.24) is 9.97 Å². The van der Waals surface area contributed by atoms with Crippen molar-refractivity contribution in [2.75, 3.05) is 17.6 Å². The highest BCUT2D eigenvalue weighted by Gasteiger charge is 2.11. The molecule has 0 amide bonds. The van der Waals surface area contributed by atoms with Crippen LogP contribution in [0.1, 0.15) is 16.2 Å². The van der Waals surface area contributed by atoms with Crippen LogP contribution in [0.4, 0.5) is 5.82 Å². The molecule has 7 nitrogen and oxygen atoms in total. The number of halogens is 1. The van der Waals surface area contributed by atoms with E-state index in [0.29, 0.717) is 12.1 Å². The zero-order valence-corrected chi connectivity index (χ0v) is 10.5. The van der Waals surface area contributed by atoms with Gasteiger partial charge in [-0.2, -0.15) is 0 Å². The van der Waals surface area contributed by atoms with Gasteiger partial charge in [0.05, 0.1) is 11.3 Å². The highest BCUT2D eigenvalue weighted by Crippen LogP contribution is 2.18. The molecule has 0 saturated carbocycles. The van der Waals surface area contributed by atoms with Gasteiger partial charge in [0.15, 0.2) is 6.29 Å². The number of anilines is 1. The van der Waals surface area contributed by atoms with E-state index in [-0.39, 0.29) is 28.8 Å². The van der Waals surface area contributed by atoms with Crippen LogP contribution < -0.4 is 10.5 Å². The molecule has 1 rings (SSSR count). The second-order valence-corrected chi connectivity index (χ2v) is 5.33. The van der Waals surface area contributed by atoms with Crippen molar-refractivity contribution in [1.29, 1.82) is 0 Å². The number of aromatic nitrogens is 2. The fourth-order valence-electron chi connectivity index (χ4n) is 1.10. The minimum Gasteiger partial charge on any atom is -0.368 e. The van der Waals surface area contributed by atoms with Crippen LogP contribution >= 0.6 is 11.6 Å². The summed E-state index contributed by atoms with van der Waals surface area (Å²) >= 11 is 5.74. The molecule has 0 bridgehead atoms. The Kier molecular flexibility index (Phi) is 4.38. The number of nitrogens with two attached hydrogens (primary N) is 1. The van der Waals surface area contributed by atoms with Gasteiger partial charge in [0.2, 0.25) is 10.0 Å². The Morgan fingerprint density at radius 3 is 2.65 bits per heavy atom. The quantitative estimate of drug-likeness (QED) is 0.576. The SMILES string of the molecule is Cc1nc(Cl)c(C=O)c(NCCS(N)(=O)=O)n1. The zero-order valence-electron chi connectivity index (χ0n) is 8.97. The minimum atomic E-state index is -3.56. The van der Waals surface area contributed by atoms with Crippen molar-refractivity contribution < 1.29 is 13.2 Å². The molecule has 0 saturated heterocycles. The Balaban J connectivity index is 2.87. The lowest BCUT2D eigenvalue weighted by atomic mass is 10.3. The van der Waals surface area contributed by atoms with Crippen molar-refractivity contribution in [3.05, 3.63) is 16.5 Å². The van der Waals surface area contributed by atoms with Gasteiger partial charge in [-0.3, -0.25) is 4.79 Å². The summed E-state index contributed by atoms with van der Waals surface area (Å²) in [5, 5.41) is 7.53. The van der Waals surface area contributed by atoms with Crippen LogP contribution in [0.15, 0.2) is 0 Å². The van der Waals surface area contributed by atoms with E-state index in [0.717, 1.165) is 0 Å². The van der Waals surface area contributed by atoms with Crippen LogP contribution in [0.5, 0.6) is 0 Å². The highest BCUT2D eigenvalue weighted by atomic mass is 35.5. The number of primary sulfonamides is 1. The molecule has 0 aliphatic carbocycles. The monoisotopic (exact) mass is 278 g/mol. The number of sulfonamides is 1. The molecule has 0 aliphatic rings. The molecule has 0 aliphatic heterocycles. The summed E-state index contributed by atoms with van der Waals surface area (Å²) in [5.41, 5.74) is 0.0895. The molecule has 0 spiro atoms. The summed E-state index contributed by atoms with van der Waals surface area (Å²) in [6, 6.07) is 0. The molecule has 0 atom stereocenters. The first kappa shape index (κ1) is 13.8. The summed E-state index contributed by atoms with van der Waals surface area (Å²) < 4.78 is 21.4. The molecule has 0 aromatic carbocycles. The average molecular weight is 279 g/mol. The van der Waals surface area contributed by atoms with Gasteiger partial charge in [-0.25, -0.2) is 23.5 Å². The van der Waals surface area contributed by atoms with Crippen LogP contribution in [-0.4, -0.2) is 37.0 Å². The summed E-state index contributed by atoms with van der Waals surface area (Å²) in [6.07, 6.45) is 0.501. The third-order valence-corrected chi connectivity index (χ3v) is 2.87. The summed E-state index contributed by atoms with van der Waals surface area (Å²) in [7, 11) is -3.56. The Morgan fingerprint density at radius 1 is 1.47 bits per heavy atom. The molecule has 0 fully saturated rings. The van der Waals surface area contributed by atoms with Gasteiger partial charge in [-0.1, -0.05) is 11.6 Å². The standard InChI is InChI=1S/C8H11ClN4O3S/c1-5-12-7(9)6(4-14)8(13-5)11-2-3-17(10,15)16/h4H,2-3H2,1H3,(H2,10,15,16)(H,11,12,13). The fraction of sp³-hybridized carbons (Fsp3) is 0.375. The third kappa shape index (κ3) is 4.25. The van der Waals surface area contributed by atoms with E-state index in [4.69, 9.17) is 16.7 Å². The molecule has 94 valence electrons. The molecular formula is C8H11ClN4O3S. The topological polar surface area (TPSA) is 115 Å². The lowest BCUT2D eigenvalue weighted by molar-refractivity contribution is 0.112. The summed E-state index contributed by atoms with van der Waals surface area (Å²) in [6.45, 7) is 1.64. The van der Waals surface area contributed by atoms with E-state index >= 15 is 0 Å². The smallest absolute Gasteiger partial charge is 0.210 e. The summed E-state index contributed by atoms with van der Waals surface area (Å²) in [5.74, 6) is 0.297. The van der Waals surface area contributed by atoms with E-state index in [1.807, 2.05) is 0 Å². The predicted molar refractivity (Wildman–Crippen MR) is 63.6 cm³/mol. The Bertz CT molecular complexity index is 532. The number of aldehydes is 1. The first-order valence-electron chi connectivity index (χ1n) is 4.57. The third-order valence-electron chi connectivity index (χ3n) is 1.81. The number of nitrogens with zero attached hydrogens (tertiary/aromatic N) is 2.